The molecule has 0 aliphatic carbocycles. The Hall–Kier alpha value is -1.85. The number of rotatable bonds is 3. The lowest BCUT2D eigenvalue weighted by Gasteiger charge is -2.34. The average molecular weight is 290 g/mol. The molecule has 114 valence electrons. The minimum atomic E-state index is 0.0862. The highest BCUT2D eigenvalue weighted by atomic mass is 16.2. The van der Waals surface area contributed by atoms with Crippen LogP contribution in [0.2, 0.25) is 0 Å². The van der Waals surface area contributed by atoms with E-state index >= 15 is 0 Å². The van der Waals surface area contributed by atoms with Crippen molar-refractivity contribution in [2.75, 3.05) is 26.2 Å². The zero-order chi connectivity index (χ0) is 14.7. The molecule has 1 N–H and O–H groups in total. The number of carbonyl (C=O) groups is 2. The van der Waals surface area contributed by atoms with Gasteiger partial charge in [-0.05, 0) is 25.7 Å². The fourth-order valence-corrected chi connectivity index (χ4v) is 3.20. The summed E-state index contributed by atoms with van der Waals surface area (Å²) in [6.07, 6.45) is 8.05. The lowest BCUT2D eigenvalue weighted by atomic mass is 9.96. The van der Waals surface area contributed by atoms with Crippen LogP contribution in [-0.2, 0) is 9.59 Å². The fraction of sp³-hybridized carbons (Fsp3) is 0.667. The van der Waals surface area contributed by atoms with Crippen molar-refractivity contribution in [3.8, 4) is 0 Å². The number of aromatic amines is 1. The molecular formula is C15H22N4O2. The van der Waals surface area contributed by atoms with Crippen LogP contribution < -0.4 is 0 Å². The molecule has 0 unspecified atom stereocenters. The summed E-state index contributed by atoms with van der Waals surface area (Å²) >= 11 is 0. The molecule has 2 saturated heterocycles. The van der Waals surface area contributed by atoms with Gasteiger partial charge in [-0.3, -0.25) is 9.59 Å². The van der Waals surface area contributed by atoms with E-state index in [1.807, 2.05) is 11.1 Å². The molecule has 2 fully saturated rings. The zero-order valence-electron chi connectivity index (χ0n) is 12.3. The summed E-state index contributed by atoms with van der Waals surface area (Å²) in [5, 5.41) is 0. The normalized spacial score (nSPS) is 20.9. The van der Waals surface area contributed by atoms with E-state index in [0.29, 0.717) is 12.3 Å². The number of piperidine rings is 2. The second kappa shape index (κ2) is 6.28. The van der Waals surface area contributed by atoms with Crippen molar-refractivity contribution in [2.45, 2.75) is 38.0 Å². The highest BCUT2D eigenvalue weighted by Crippen LogP contribution is 2.25. The van der Waals surface area contributed by atoms with Crippen LogP contribution in [0.25, 0.3) is 0 Å². The van der Waals surface area contributed by atoms with E-state index < -0.39 is 0 Å². The van der Waals surface area contributed by atoms with Crippen molar-refractivity contribution < 1.29 is 9.59 Å². The van der Waals surface area contributed by atoms with Gasteiger partial charge in [-0.25, -0.2) is 4.98 Å². The molecule has 21 heavy (non-hydrogen) atoms. The van der Waals surface area contributed by atoms with Gasteiger partial charge in [0.05, 0.1) is 6.54 Å². The van der Waals surface area contributed by atoms with E-state index in [1.165, 1.54) is 0 Å². The first kappa shape index (κ1) is 14.1. The van der Waals surface area contributed by atoms with Crippen molar-refractivity contribution in [1.29, 1.82) is 0 Å². The summed E-state index contributed by atoms with van der Waals surface area (Å²) in [5.41, 5.74) is 0. The van der Waals surface area contributed by atoms with E-state index in [2.05, 4.69) is 9.97 Å². The van der Waals surface area contributed by atoms with Gasteiger partial charge >= 0.3 is 0 Å². The van der Waals surface area contributed by atoms with Gasteiger partial charge in [-0.1, -0.05) is 0 Å². The van der Waals surface area contributed by atoms with Crippen LogP contribution in [-0.4, -0.2) is 57.8 Å². The van der Waals surface area contributed by atoms with Gasteiger partial charge in [-0.2, -0.15) is 0 Å². The van der Waals surface area contributed by atoms with Gasteiger partial charge in [-0.15, -0.1) is 0 Å². The van der Waals surface area contributed by atoms with Gasteiger partial charge in [0.1, 0.15) is 5.82 Å². The smallest absolute Gasteiger partial charge is 0.242 e. The van der Waals surface area contributed by atoms with Gasteiger partial charge < -0.3 is 14.8 Å². The molecule has 0 bridgehead atoms. The molecule has 2 aliphatic heterocycles. The van der Waals surface area contributed by atoms with Crippen molar-refractivity contribution in [3.05, 3.63) is 18.2 Å². The minimum absolute atomic E-state index is 0.0862. The Morgan fingerprint density at radius 3 is 2.76 bits per heavy atom. The van der Waals surface area contributed by atoms with Crippen molar-refractivity contribution in [1.82, 2.24) is 19.8 Å². The monoisotopic (exact) mass is 290 g/mol. The Labute approximate surface area is 124 Å². The topological polar surface area (TPSA) is 69.3 Å². The van der Waals surface area contributed by atoms with E-state index in [1.54, 1.807) is 11.1 Å². The molecule has 3 rings (SSSR count). The van der Waals surface area contributed by atoms with Crippen LogP contribution in [0.1, 0.15) is 43.8 Å². The highest BCUT2D eigenvalue weighted by molar-refractivity contribution is 5.85. The Morgan fingerprint density at radius 1 is 1.29 bits per heavy atom. The third-order valence-electron chi connectivity index (χ3n) is 4.50. The molecule has 6 nitrogen and oxygen atoms in total. The zero-order valence-corrected chi connectivity index (χ0v) is 12.3. The molecule has 0 aromatic carbocycles. The van der Waals surface area contributed by atoms with E-state index in [4.69, 9.17) is 0 Å². The summed E-state index contributed by atoms with van der Waals surface area (Å²) in [6, 6.07) is 0. The molecule has 0 spiro atoms. The first-order chi connectivity index (χ1) is 10.2. The second-order valence-corrected chi connectivity index (χ2v) is 5.90. The van der Waals surface area contributed by atoms with Crippen LogP contribution in [0, 0.1) is 0 Å². The van der Waals surface area contributed by atoms with Crippen molar-refractivity contribution in [2.24, 2.45) is 0 Å². The molecule has 0 radical (unpaired) electrons. The van der Waals surface area contributed by atoms with Crippen LogP contribution in [0.3, 0.4) is 0 Å². The highest BCUT2D eigenvalue weighted by Gasteiger charge is 2.27. The predicted octanol–water partition coefficient (Wildman–Crippen LogP) is 1.13. The maximum Gasteiger partial charge on any atom is 0.242 e. The molecule has 3 heterocycles. The molecule has 0 saturated carbocycles. The summed E-state index contributed by atoms with van der Waals surface area (Å²) < 4.78 is 0. The maximum absolute atomic E-state index is 12.3. The first-order valence-electron chi connectivity index (χ1n) is 7.79. The van der Waals surface area contributed by atoms with Gasteiger partial charge in [0.25, 0.3) is 0 Å². The number of amides is 2. The largest absolute Gasteiger partial charge is 0.348 e. The van der Waals surface area contributed by atoms with E-state index in [0.717, 1.165) is 51.1 Å². The number of hydrogen-bond acceptors (Lipinski definition) is 3. The average Bonchev–Trinajstić information content (AvgIpc) is 3.04. The van der Waals surface area contributed by atoms with Crippen LogP contribution >= 0.6 is 0 Å². The van der Waals surface area contributed by atoms with Gasteiger partial charge in [0.2, 0.25) is 11.8 Å². The van der Waals surface area contributed by atoms with E-state index in [9.17, 15) is 9.59 Å². The predicted molar refractivity (Wildman–Crippen MR) is 77.6 cm³/mol. The second-order valence-electron chi connectivity index (χ2n) is 5.90. The number of nitrogens with zero attached hydrogens (tertiary/aromatic N) is 3. The van der Waals surface area contributed by atoms with Crippen molar-refractivity contribution >= 4 is 11.8 Å². The molecule has 2 aliphatic rings. The van der Waals surface area contributed by atoms with Gasteiger partial charge in [0.15, 0.2) is 0 Å². The summed E-state index contributed by atoms with van der Waals surface area (Å²) in [6.45, 7) is 2.50. The molecule has 0 atom stereocenters. The standard InChI is InChI=1S/C15H22N4O2/c20-13-3-1-2-8-19(13)11-14(21)18-9-4-12(5-10-18)15-16-6-7-17-15/h6-7,12H,1-5,8-11H2,(H,16,17). The molecular weight excluding hydrogens is 268 g/mol. The number of aromatic nitrogens is 2. The Balaban J connectivity index is 1.49. The fourth-order valence-electron chi connectivity index (χ4n) is 3.20. The Kier molecular flexibility index (Phi) is 4.22. The SMILES string of the molecule is O=C(CN1CCCCC1=O)N1CCC(c2ncc[nH]2)CC1. The number of likely N-dealkylation sites (tertiary alicyclic amines) is 2. The van der Waals surface area contributed by atoms with Gasteiger partial charge in [0, 0.05) is 44.4 Å². The number of H-pyrrole nitrogens is 1. The minimum Gasteiger partial charge on any atom is -0.348 e. The maximum atomic E-state index is 12.3. The van der Waals surface area contributed by atoms with Crippen LogP contribution in [0.5, 0.6) is 0 Å². The third kappa shape index (κ3) is 3.25. The summed E-state index contributed by atoms with van der Waals surface area (Å²) in [5.74, 6) is 1.65. The Morgan fingerprint density at radius 2 is 2.10 bits per heavy atom. The number of nitrogens with one attached hydrogen (secondary N) is 1. The van der Waals surface area contributed by atoms with E-state index in [-0.39, 0.29) is 18.4 Å². The molecule has 1 aromatic rings. The Bertz CT molecular complexity index is 492. The first-order valence-corrected chi connectivity index (χ1v) is 7.79. The molecule has 2 amide bonds. The molecule has 1 aromatic heterocycles. The number of carbonyl (C=O) groups excluding carboxylic acids is 2. The quantitative estimate of drug-likeness (QED) is 0.907. The van der Waals surface area contributed by atoms with Crippen LogP contribution in [0.15, 0.2) is 12.4 Å². The summed E-state index contributed by atoms with van der Waals surface area (Å²) in [7, 11) is 0. The third-order valence-corrected chi connectivity index (χ3v) is 4.50. The van der Waals surface area contributed by atoms with Crippen LogP contribution in [0.4, 0.5) is 0 Å². The number of imidazole rings is 1. The number of hydrogen-bond donors (Lipinski definition) is 1. The van der Waals surface area contributed by atoms with Crippen molar-refractivity contribution in [3.63, 3.8) is 0 Å². The summed E-state index contributed by atoms with van der Waals surface area (Å²) in [4.78, 5) is 35.1. The molecule has 6 heteroatoms. The lowest BCUT2D eigenvalue weighted by molar-refractivity contribution is -0.142. The lowest BCUT2D eigenvalue weighted by Crippen LogP contribution is -2.46.